The summed E-state index contributed by atoms with van der Waals surface area (Å²) in [7, 11) is 0. The van der Waals surface area contributed by atoms with Gasteiger partial charge in [0.25, 0.3) is 0 Å². The number of rotatable bonds is 3. The maximum Gasteiger partial charge on any atom is 1.00 e. The fraction of sp³-hybridized carbons (Fsp3) is 0.643. The number of hydrogen-bond acceptors (Lipinski definition) is 2. The summed E-state index contributed by atoms with van der Waals surface area (Å²) in [5, 5.41) is 13.9. The van der Waals surface area contributed by atoms with Gasteiger partial charge in [-0.1, -0.05) is 33.8 Å². The predicted molar refractivity (Wildman–Crippen MR) is 80.8 cm³/mol. The van der Waals surface area contributed by atoms with Crippen molar-refractivity contribution < 1.29 is 24.0 Å². The third-order valence-electron chi connectivity index (χ3n) is 2.01. The second kappa shape index (κ2) is 9.96. The molecule has 0 aliphatic carbocycles. The summed E-state index contributed by atoms with van der Waals surface area (Å²) in [5.41, 5.74) is -0.0207. The van der Waals surface area contributed by atoms with Crippen molar-refractivity contribution in [3.05, 3.63) is 33.8 Å². The Hall–Kier alpha value is 0.147. The molecule has 0 aliphatic rings. The van der Waals surface area contributed by atoms with E-state index < -0.39 is 5.60 Å². The Balaban J connectivity index is 0. The molecule has 0 radical (unpaired) electrons. The van der Waals surface area contributed by atoms with Crippen LogP contribution in [0.25, 0.3) is 5.32 Å². The van der Waals surface area contributed by atoms with E-state index in [0.29, 0.717) is 16.7 Å². The minimum atomic E-state index is -0.826. The van der Waals surface area contributed by atoms with Crippen molar-refractivity contribution in [1.82, 2.24) is 4.98 Å². The van der Waals surface area contributed by atoms with Crippen molar-refractivity contribution in [2.75, 3.05) is 0 Å². The van der Waals surface area contributed by atoms with Crippen LogP contribution in [0.1, 0.15) is 47.1 Å². The predicted octanol–water partition coefficient (Wildman–Crippen LogP) is 1.25. The van der Waals surface area contributed by atoms with Gasteiger partial charge in [-0.25, -0.2) is 4.98 Å². The van der Waals surface area contributed by atoms with Crippen molar-refractivity contribution in [3.8, 4) is 0 Å². The molecule has 0 aromatic carbocycles. The monoisotopic (exact) mass is 322 g/mol. The Kier molecular flexibility index (Phi) is 11.2. The van der Waals surface area contributed by atoms with Crippen LogP contribution in [-0.2, 0) is 5.60 Å². The molecule has 1 aromatic rings. The molecule has 5 heteroatoms. The second-order valence-corrected chi connectivity index (χ2v) is 5.99. The van der Waals surface area contributed by atoms with E-state index in [1.165, 1.54) is 0 Å². The Labute approximate surface area is 137 Å². The number of hydrogen-bond donors (Lipinski definition) is 1. The van der Waals surface area contributed by atoms with Gasteiger partial charge in [0, 0.05) is 11.8 Å². The van der Waals surface area contributed by atoms with Gasteiger partial charge in [0.05, 0.1) is 5.60 Å². The molecular formula is C14H24BrLiN2O. The molecule has 3 nitrogen and oxygen atoms in total. The van der Waals surface area contributed by atoms with E-state index in [0.717, 1.165) is 5.56 Å². The van der Waals surface area contributed by atoms with E-state index in [1.54, 1.807) is 26.1 Å². The maximum atomic E-state index is 9.60. The number of halogens is 1. The standard InChI is InChI=1S/C8H10BrNO.C6H14N.Li/c1-8(2,11)6-4-3-5-10-7(6)9;1-5(2)7-6(3)4;/h3-5,11H,1-2H3;5-6H,1-4H3;/q;-1;+1. The molecule has 0 aliphatic heterocycles. The van der Waals surface area contributed by atoms with Gasteiger partial charge >= 0.3 is 18.9 Å². The fourth-order valence-corrected chi connectivity index (χ4v) is 2.17. The minimum Gasteiger partial charge on any atom is -0.658 e. The normalized spacial score (nSPS) is 10.8. The first-order valence-corrected chi connectivity index (χ1v) is 6.97. The topological polar surface area (TPSA) is 47.2 Å². The van der Waals surface area contributed by atoms with Crippen LogP contribution in [0.2, 0.25) is 0 Å². The van der Waals surface area contributed by atoms with Crippen molar-refractivity contribution in [2.24, 2.45) is 0 Å². The molecule has 0 atom stereocenters. The van der Waals surface area contributed by atoms with Crippen LogP contribution in [0.3, 0.4) is 0 Å². The average Bonchev–Trinajstić information content (AvgIpc) is 2.14. The number of nitrogens with zero attached hydrogens (tertiary/aromatic N) is 2. The quantitative estimate of drug-likeness (QED) is 0.672. The summed E-state index contributed by atoms with van der Waals surface area (Å²) in [5.74, 6) is 0. The van der Waals surface area contributed by atoms with Gasteiger partial charge in [-0.2, -0.15) is 0 Å². The van der Waals surface area contributed by atoms with Crippen LogP contribution in [0.15, 0.2) is 22.9 Å². The van der Waals surface area contributed by atoms with Crippen molar-refractivity contribution >= 4 is 15.9 Å². The van der Waals surface area contributed by atoms with Gasteiger partial charge < -0.3 is 10.4 Å². The van der Waals surface area contributed by atoms with E-state index >= 15 is 0 Å². The molecule has 1 N–H and O–H groups in total. The summed E-state index contributed by atoms with van der Waals surface area (Å²) in [6.45, 7) is 11.9. The van der Waals surface area contributed by atoms with Gasteiger partial charge in [-0.05, 0) is 35.8 Å². The van der Waals surface area contributed by atoms with Crippen LogP contribution in [0.5, 0.6) is 0 Å². The summed E-state index contributed by atoms with van der Waals surface area (Å²) in [4.78, 5) is 4.00. The molecule has 0 amide bonds. The van der Waals surface area contributed by atoms with Crippen molar-refractivity contribution in [3.63, 3.8) is 0 Å². The Bertz CT molecular complexity index is 346. The molecule has 0 fully saturated rings. The van der Waals surface area contributed by atoms with Gasteiger partial charge in [-0.3, -0.25) is 0 Å². The number of aromatic nitrogens is 1. The number of pyridine rings is 1. The first kappa shape index (κ1) is 21.4. The fourth-order valence-electron chi connectivity index (χ4n) is 1.44. The molecule has 104 valence electrons. The molecule has 0 saturated heterocycles. The molecule has 19 heavy (non-hydrogen) atoms. The van der Waals surface area contributed by atoms with Crippen LogP contribution >= 0.6 is 15.9 Å². The minimum absolute atomic E-state index is 0. The zero-order valence-electron chi connectivity index (χ0n) is 13.1. The number of aliphatic hydroxyl groups is 1. The van der Waals surface area contributed by atoms with Crippen LogP contribution in [0, 0.1) is 0 Å². The third kappa shape index (κ3) is 10.6. The molecule has 0 unspecified atom stereocenters. The van der Waals surface area contributed by atoms with E-state index in [-0.39, 0.29) is 18.9 Å². The summed E-state index contributed by atoms with van der Waals surface area (Å²) < 4.78 is 0.701. The van der Waals surface area contributed by atoms with E-state index in [9.17, 15) is 5.11 Å². The largest absolute Gasteiger partial charge is 1.00 e. The van der Waals surface area contributed by atoms with E-state index in [2.05, 4.69) is 53.9 Å². The van der Waals surface area contributed by atoms with E-state index in [1.807, 2.05) is 6.07 Å². The van der Waals surface area contributed by atoms with Crippen LogP contribution in [0.4, 0.5) is 0 Å². The van der Waals surface area contributed by atoms with Gasteiger partial charge in [0.2, 0.25) is 0 Å². The first-order chi connectivity index (χ1) is 8.14. The molecule has 1 rings (SSSR count). The van der Waals surface area contributed by atoms with Gasteiger partial charge in [0.1, 0.15) is 4.60 Å². The summed E-state index contributed by atoms with van der Waals surface area (Å²) in [6, 6.07) is 4.65. The maximum absolute atomic E-state index is 9.60. The first-order valence-electron chi connectivity index (χ1n) is 6.18. The van der Waals surface area contributed by atoms with Crippen LogP contribution in [-0.4, -0.2) is 22.2 Å². The van der Waals surface area contributed by atoms with Crippen LogP contribution < -0.4 is 18.9 Å². The Morgan fingerprint density at radius 1 is 1.21 bits per heavy atom. The Morgan fingerprint density at radius 2 is 1.68 bits per heavy atom. The second-order valence-electron chi connectivity index (χ2n) is 5.24. The average molecular weight is 323 g/mol. The third-order valence-corrected chi connectivity index (χ3v) is 2.65. The zero-order chi connectivity index (χ0) is 14.3. The van der Waals surface area contributed by atoms with Gasteiger partial charge in [-0.15, -0.1) is 12.1 Å². The molecule has 0 spiro atoms. The van der Waals surface area contributed by atoms with Crippen molar-refractivity contribution in [2.45, 2.75) is 59.2 Å². The zero-order valence-corrected chi connectivity index (χ0v) is 14.7. The van der Waals surface area contributed by atoms with E-state index in [4.69, 9.17) is 0 Å². The molecule has 1 heterocycles. The van der Waals surface area contributed by atoms with Gasteiger partial charge in [0.15, 0.2) is 0 Å². The molecule has 0 saturated carbocycles. The molecular weight excluding hydrogens is 299 g/mol. The molecule has 0 bridgehead atoms. The Morgan fingerprint density at radius 3 is 1.89 bits per heavy atom. The SMILES string of the molecule is CC(C)(O)c1cccnc1Br.CC(C)[N-]C(C)C.[Li+]. The van der Waals surface area contributed by atoms with Crippen molar-refractivity contribution in [1.29, 1.82) is 0 Å². The summed E-state index contributed by atoms with van der Waals surface area (Å²) in [6.07, 6.45) is 1.68. The molecule has 1 aromatic heterocycles. The summed E-state index contributed by atoms with van der Waals surface area (Å²) >= 11 is 3.26. The smallest absolute Gasteiger partial charge is 0.658 e.